The van der Waals surface area contributed by atoms with Gasteiger partial charge < -0.3 is 5.32 Å². The van der Waals surface area contributed by atoms with Gasteiger partial charge in [0.05, 0.1) is 5.56 Å². The zero-order valence-electron chi connectivity index (χ0n) is 8.95. The molecule has 78 valence electrons. The Morgan fingerprint density at radius 3 is 2.67 bits per heavy atom. The number of rotatable bonds is 2. The standard InChI is InChI=1S/C12H15N3/c1-12(6-2-3-7-12)15-11-5-4-10(8-13)9-14-11/h4-5,9H,2-3,6-7H2,1H3,(H,14,15). The molecule has 0 unspecified atom stereocenters. The van der Waals surface area contributed by atoms with Crippen molar-refractivity contribution in [3.05, 3.63) is 23.9 Å². The number of nitrogens with zero attached hydrogens (tertiary/aromatic N) is 2. The Morgan fingerprint density at radius 1 is 1.40 bits per heavy atom. The van der Waals surface area contributed by atoms with Crippen LogP contribution in [0, 0.1) is 11.3 Å². The molecule has 0 spiro atoms. The highest BCUT2D eigenvalue weighted by atomic mass is 15.0. The van der Waals surface area contributed by atoms with E-state index >= 15 is 0 Å². The highest BCUT2D eigenvalue weighted by Gasteiger charge is 2.28. The first-order chi connectivity index (χ1) is 7.22. The average Bonchev–Trinajstić information content (AvgIpc) is 2.66. The second kappa shape index (κ2) is 3.90. The SMILES string of the molecule is CC1(Nc2ccc(C#N)cn2)CCCC1. The molecule has 1 fully saturated rings. The van der Waals surface area contributed by atoms with Crippen LogP contribution in [0.1, 0.15) is 38.2 Å². The highest BCUT2D eigenvalue weighted by molar-refractivity contribution is 5.41. The van der Waals surface area contributed by atoms with E-state index in [9.17, 15) is 0 Å². The molecule has 0 amide bonds. The molecule has 1 saturated carbocycles. The molecule has 1 aromatic heterocycles. The van der Waals surface area contributed by atoms with Crippen molar-refractivity contribution in [1.29, 1.82) is 5.26 Å². The van der Waals surface area contributed by atoms with Gasteiger partial charge in [-0.2, -0.15) is 5.26 Å². The van der Waals surface area contributed by atoms with E-state index in [4.69, 9.17) is 5.26 Å². The van der Waals surface area contributed by atoms with Crippen LogP contribution in [-0.4, -0.2) is 10.5 Å². The lowest BCUT2D eigenvalue weighted by Gasteiger charge is -2.25. The van der Waals surface area contributed by atoms with Crippen molar-refractivity contribution in [3.63, 3.8) is 0 Å². The number of hydrogen-bond donors (Lipinski definition) is 1. The fourth-order valence-electron chi connectivity index (χ4n) is 2.12. The lowest BCUT2D eigenvalue weighted by atomic mass is 10.0. The van der Waals surface area contributed by atoms with Crippen LogP contribution in [0.25, 0.3) is 0 Å². The fraction of sp³-hybridized carbons (Fsp3) is 0.500. The van der Waals surface area contributed by atoms with Crippen molar-refractivity contribution in [2.75, 3.05) is 5.32 Å². The predicted molar refractivity (Wildman–Crippen MR) is 59.4 cm³/mol. The normalized spacial score (nSPS) is 18.4. The van der Waals surface area contributed by atoms with E-state index < -0.39 is 0 Å². The third kappa shape index (κ3) is 2.27. The Hall–Kier alpha value is -1.56. The molecule has 1 heterocycles. The summed E-state index contributed by atoms with van der Waals surface area (Å²) in [7, 11) is 0. The molecule has 3 heteroatoms. The number of anilines is 1. The molecule has 0 aliphatic heterocycles. The van der Waals surface area contributed by atoms with Crippen LogP contribution in [0.3, 0.4) is 0 Å². The molecular weight excluding hydrogens is 186 g/mol. The van der Waals surface area contributed by atoms with Gasteiger partial charge in [0, 0.05) is 11.7 Å². The summed E-state index contributed by atoms with van der Waals surface area (Å²) < 4.78 is 0. The quantitative estimate of drug-likeness (QED) is 0.800. The van der Waals surface area contributed by atoms with Crippen LogP contribution in [0.5, 0.6) is 0 Å². The summed E-state index contributed by atoms with van der Waals surface area (Å²) in [6.07, 6.45) is 6.60. The van der Waals surface area contributed by atoms with Gasteiger partial charge in [0.25, 0.3) is 0 Å². The average molecular weight is 201 g/mol. The Morgan fingerprint density at radius 2 is 2.13 bits per heavy atom. The fourth-order valence-corrected chi connectivity index (χ4v) is 2.12. The van der Waals surface area contributed by atoms with Gasteiger partial charge in [-0.3, -0.25) is 0 Å². The first-order valence-electron chi connectivity index (χ1n) is 5.36. The molecule has 1 aliphatic rings. The van der Waals surface area contributed by atoms with Crippen molar-refractivity contribution in [2.24, 2.45) is 0 Å². The number of nitrogens with one attached hydrogen (secondary N) is 1. The second-order valence-electron chi connectivity index (χ2n) is 4.44. The van der Waals surface area contributed by atoms with Crippen LogP contribution in [-0.2, 0) is 0 Å². The first-order valence-corrected chi connectivity index (χ1v) is 5.36. The summed E-state index contributed by atoms with van der Waals surface area (Å²) in [5.74, 6) is 0.874. The Labute approximate surface area is 90.1 Å². The molecule has 0 radical (unpaired) electrons. The maximum Gasteiger partial charge on any atom is 0.126 e. The molecule has 0 bridgehead atoms. The van der Waals surface area contributed by atoms with Gasteiger partial charge in [-0.15, -0.1) is 0 Å². The van der Waals surface area contributed by atoms with Crippen molar-refractivity contribution in [2.45, 2.75) is 38.1 Å². The number of nitriles is 1. The molecule has 0 saturated heterocycles. The summed E-state index contributed by atoms with van der Waals surface area (Å²) >= 11 is 0. The van der Waals surface area contributed by atoms with Gasteiger partial charge in [-0.25, -0.2) is 4.98 Å². The summed E-state index contributed by atoms with van der Waals surface area (Å²) in [5.41, 5.74) is 0.804. The first kappa shape index (κ1) is 9.97. The van der Waals surface area contributed by atoms with Gasteiger partial charge in [0.1, 0.15) is 11.9 Å². The monoisotopic (exact) mass is 201 g/mol. The molecule has 1 N–H and O–H groups in total. The molecule has 3 nitrogen and oxygen atoms in total. The van der Waals surface area contributed by atoms with E-state index in [2.05, 4.69) is 23.3 Å². The zero-order chi connectivity index (χ0) is 10.7. The molecule has 1 aliphatic carbocycles. The zero-order valence-corrected chi connectivity index (χ0v) is 8.95. The van der Waals surface area contributed by atoms with Crippen LogP contribution in [0.2, 0.25) is 0 Å². The largest absolute Gasteiger partial charge is 0.365 e. The van der Waals surface area contributed by atoms with Gasteiger partial charge in [-0.05, 0) is 31.9 Å². The number of aromatic nitrogens is 1. The summed E-state index contributed by atoms with van der Waals surface area (Å²) in [6, 6.07) is 5.74. The predicted octanol–water partition coefficient (Wildman–Crippen LogP) is 2.70. The Kier molecular flexibility index (Phi) is 2.59. The number of hydrogen-bond acceptors (Lipinski definition) is 3. The maximum atomic E-state index is 8.65. The van der Waals surface area contributed by atoms with Crippen LogP contribution < -0.4 is 5.32 Å². The van der Waals surface area contributed by atoms with E-state index in [1.807, 2.05) is 6.07 Å². The summed E-state index contributed by atoms with van der Waals surface area (Å²) in [6.45, 7) is 2.24. The van der Waals surface area contributed by atoms with Crippen LogP contribution in [0.15, 0.2) is 18.3 Å². The minimum atomic E-state index is 0.196. The molecule has 0 atom stereocenters. The van der Waals surface area contributed by atoms with E-state index in [0.29, 0.717) is 5.56 Å². The van der Waals surface area contributed by atoms with Crippen molar-refractivity contribution >= 4 is 5.82 Å². The van der Waals surface area contributed by atoms with Crippen LogP contribution in [0.4, 0.5) is 5.82 Å². The van der Waals surface area contributed by atoms with E-state index in [1.54, 1.807) is 12.3 Å². The summed E-state index contributed by atoms with van der Waals surface area (Å²) in [5, 5.41) is 12.1. The topological polar surface area (TPSA) is 48.7 Å². The van der Waals surface area contributed by atoms with E-state index in [1.165, 1.54) is 25.7 Å². The van der Waals surface area contributed by atoms with Gasteiger partial charge in [0.15, 0.2) is 0 Å². The molecule has 0 aromatic carbocycles. The van der Waals surface area contributed by atoms with Crippen molar-refractivity contribution in [3.8, 4) is 6.07 Å². The number of pyridine rings is 1. The Balaban J connectivity index is 2.08. The van der Waals surface area contributed by atoms with Crippen molar-refractivity contribution < 1.29 is 0 Å². The van der Waals surface area contributed by atoms with Gasteiger partial charge in [-0.1, -0.05) is 12.8 Å². The van der Waals surface area contributed by atoms with Crippen molar-refractivity contribution in [1.82, 2.24) is 4.98 Å². The molecule has 2 rings (SSSR count). The van der Waals surface area contributed by atoms with Gasteiger partial charge >= 0.3 is 0 Å². The Bertz CT molecular complexity index is 369. The van der Waals surface area contributed by atoms with E-state index in [-0.39, 0.29) is 5.54 Å². The lowest BCUT2D eigenvalue weighted by molar-refractivity contribution is 0.531. The minimum Gasteiger partial charge on any atom is -0.365 e. The lowest BCUT2D eigenvalue weighted by Crippen LogP contribution is -2.31. The summed E-state index contributed by atoms with van der Waals surface area (Å²) in [4.78, 5) is 4.22. The molecule has 15 heavy (non-hydrogen) atoms. The smallest absolute Gasteiger partial charge is 0.126 e. The molecule has 1 aromatic rings. The van der Waals surface area contributed by atoms with E-state index in [0.717, 1.165) is 5.82 Å². The maximum absolute atomic E-state index is 8.65. The highest BCUT2D eigenvalue weighted by Crippen LogP contribution is 2.31. The van der Waals surface area contributed by atoms with Crippen LogP contribution >= 0.6 is 0 Å². The second-order valence-corrected chi connectivity index (χ2v) is 4.44. The molecular formula is C12H15N3. The van der Waals surface area contributed by atoms with Gasteiger partial charge in [0.2, 0.25) is 0 Å². The minimum absolute atomic E-state index is 0.196. The third-order valence-electron chi connectivity index (χ3n) is 3.03. The third-order valence-corrected chi connectivity index (χ3v) is 3.03.